The van der Waals surface area contributed by atoms with Gasteiger partial charge < -0.3 is 5.11 Å². The Morgan fingerprint density at radius 1 is 0.739 bits per heavy atom. The molecule has 0 aromatic heterocycles. The maximum absolute atomic E-state index is 10.6. The number of aliphatic hydroxyl groups excluding tert-OH is 1. The lowest BCUT2D eigenvalue weighted by Gasteiger charge is -2.20. The number of hydrogen-bond donors (Lipinski definition) is 1. The minimum Gasteiger partial charge on any atom is -0.507 e. The first kappa shape index (κ1) is 17.1. The lowest BCUT2D eigenvalue weighted by atomic mass is 9.84. The van der Waals surface area contributed by atoms with Crippen molar-refractivity contribution in [2.75, 3.05) is 0 Å². The maximum atomic E-state index is 10.6. The van der Waals surface area contributed by atoms with Gasteiger partial charge in [-0.3, -0.25) is 0 Å². The smallest absolute Gasteiger partial charge is 0.123 e. The van der Waals surface area contributed by atoms with Crippen LogP contribution in [-0.2, 0) is 0 Å². The summed E-state index contributed by atoms with van der Waals surface area (Å²) >= 11 is 0. The Kier molecular flexibility index (Phi) is 4.79. The first-order chi connectivity index (χ1) is 10.8. The zero-order valence-corrected chi connectivity index (χ0v) is 15.0. The van der Waals surface area contributed by atoms with Crippen LogP contribution >= 0.6 is 0 Å². The highest BCUT2D eigenvalue weighted by Crippen LogP contribution is 2.36. The second-order valence-electron chi connectivity index (χ2n) is 6.51. The van der Waals surface area contributed by atoms with Crippen molar-refractivity contribution in [3.8, 4) is 0 Å². The van der Waals surface area contributed by atoms with Gasteiger partial charge in [0.15, 0.2) is 0 Å². The van der Waals surface area contributed by atoms with E-state index in [9.17, 15) is 5.11 Å². The van der Waals surface area contributed by atoms with E-state index in [0.717, 1.165) is 16.7 Å². The molecular formula is C22H26O. The number of hydrogen-bond acceptors (Lipinski definition) is 1. The number of rotatable bonds is 3. The zero-order valence-electron chi connectivity index (χ0n) is 15.0. The normalized spacial score (nSPS) is 10.5. The molecule has 1 heteroatoms. The Morgan fingerprint density at radius 3 is 1.30 bits per heavy atom. The van der Waals surface area contributed by atoms with Crippen LogP contribution in [0.3, 0.4) is 0 Å². The molecule has 0 heterocycles. The van der Waals surface area contributed by atoms with E-state index < -0.39 is 0 Å². The molecule has 0 amide bonds. The van der Waals surface area contributed by atoms with Crippen LogP contribution in [0, 0.1) is 41.5 Å². The summed E-state index contributed by atoms with van der Waals surface area (Å²) in [6, 6.07) is 8.66. The summed E-state index contributed by atoms with van der Waals surface area (Å²) in [5.74, 6) is 0.232. The van der Waals surface area contributed by atoms with E-state index in [-0.39, 0.29) is 5.76 Å². The van der Waals surface area contributed by atoms with Crippen molar-refractivity contribution < 1.29 is 5.11 Å². The number of aliphatic hydroxyl groups is 1. The molecule has 0 radical (unpaired) electrons. The average molecular weight is 306 g/mol. The van der Waals surface area contributed by atoms with Gasteiger partial charge in [0, 0.05) is 5.57 Å². The fourth-order valence-electron chi connectivity index (χ4n) is 3.63. The van der Waals surface area contributed by atoms with Gasteiger partial charge in [-0.15, -0.1) is 0 Å². The Labute approximate surface area is 140 Å². The molecule has 0 aliphatic rings. The molecule has 1 nitrogen and oxygen atoms in total. The molecule has 0 fully saturated rings. The predicted octanol–water partition coefficient (Wildman–Crippen LogP) is 6.04. The summed E-state index contributed by atoms with van der Waals surface area (Å²) in [5.41, 5.74) is 10.2. The molecule has 2 aromatic rings. The van der Waals surface area contributed by atoms with Crippen molar-refractivity contribution >= 4 is 5.57 Å². The molecule has 2 rings (SSSR count). The van der Waals surface area contributed by atoms with Crippen molar-refractivity contribution in [2.24, 2.45) is 0 Å². The molecule has 2 aromatic carbocycles. The van der Waals surface area contributed by atoms with E-state index >= 15 is 0 Å². The second kappa shape index (κ2) is 6.45. The van der Waals surface area contributed by atoms with Gasteiger partial charge in [-0.05, 0) is 81.0 Å². The highest BCUT2D eigenvalue weighted by atomic mass is 16.3. The van der Waals surface area contributed by atoms with Crippen LogP contribution < -0.4 is 0 Å². The molecule has 0 aliphatic carbocycles. The minimum absolute atomic E-state index is 0.232. The van der Waals surface area contributed by atoms with Crippen molar-refractivity contribution in [3.05, 3.63) is 87.2 Å². The van der Waals surface area contributed by atoms with E-state index in [4.69, 9.17) is 0 Å². The third-order valence-corrected chi connectivity index (χ3v) is 4.30. The van der Waals surface area contributed by atoms with Gasteiger partial charge in [0.1, 0.15) is 5.76 Å². The minimum atomic E-state index is 0.232. The Morgan fingerprint density at radius 2 is 1.04 bits per heavy atom. The van der Waals surface area contributed by atoms with Crippen LogP contribution in [0.5, 0.6) is 0 Å². The SMILES string of the molecule is C=CC(O)=C(c1c(C)cc(C)cc1C)c1c(C)cc(C)cc1C. The maximum Gasteiger partial charge on any atom is 0.123 e. The molecule has 23 heavy (non-hydrogen) atoms. The first-order valence-corrected chi connectivity index (χ1v) is 7.98. The zero-order chi connectivity index (χ0) is 17.3. The van der Waals surface area contributed by atoms with Crippen molar-refractivity contribution in [1.29, 1.82) is 0 Å². The molecule has 0 aliphatic heterocycles. The quantitative estimate of drug-likeness (QED) is 0.541. The summed E-state index contributed by atoms with van der Waals surface area (Å²) in [7, 11) is 0. The highest BCUT2D eigenvalue weighted by molar-refractivity contribution is 5.88. The van der Waals surface area contributed by atoms with Gasteiger partial charge in [0.25, 0.3) is 0 Å². The predicted molar refractivity (Wildman–Crippen MR) is 100 cm³/mol. The van der Waals surface area contributed by atoms with E-state index in [1.807, 2.05) is 0 Å². The Balaban J connectivity index is 2.90. The monoisotopic (exact) mass is 306 g/mol. The molecule has 0 saturated carbocycles. The molecule has 0 spiro atoms. The van der Waals surface area contributed by atoms with Crippen LogP contribution in [0.1, 0.15) is 44.5 Å². The Hall–Kier alpha value is -2.28. The summed E-state index contributed by atoms with van der Waals surface area (Å²) in [4.78, 5) is 0. The molecule has 1 N–H and O–H groups in total. The molecular weight excluding hydrogens is 280 g/mol. The molecule has 0 bridgehead atoms. The molecule has 120 valence electrons. The fourth-order valence-corrected chi connectivity index (χ4v) is 3.63. The standard InChI is InChI=1S/C22H26O/c1-8-19(23)22(20-15(4)9-13(2)10-16(20)5)21-17(6)11-14(3)12-18(21)7/h8-12,23H,1H2,2-7H3. The third kappa shape index (κ3) is 3.24. The lowest BCUT2D eigenvalue weighted by molar-refractivity contribution is 0.435. The van der Waals surface area contributed by atoms with Crippen molar-refractivity contribution in [3.63, 3.8) is 0 Å². The molecule has 0 unspecified atom stereocenters. The molecule has 0 saturated heterocycles. The van der Waals surface area contributed by atoms with Crippen LogP contribution in [0.15, 0.2) is 42.7 Å². The second-order valence-corrected chi connectivity index (χ2v) is 6.51. The van der Waals surface area contributed by atoms with Gasteiger partial charge in [-0.25, -0.2) is 0 Å². The van der Waals surface area contributed by atoms with E-state index in [1.54, 1.807) is 0 Å². The van der Waals surface area contributed by atoms with Crippen LogP contribution in [-0.4, -0.2) is 5.11 Å². The molecule has 0 atom stereocenters. The van der Waals surface area contributed by atoms with Gasteiger partial charge in [0.05, 0.1) is 0 Å². The summed E-state index contributed by atoms with van der Waals surface area (Å²) in [6.45, 7) is 16.4. The lowest BCUT2D eigenvalue weighted by Crippen LogP contribution is -2.03. The number of allylic oxidation sites excluding steroid dienone is 1. The Bertz CT molecular complexity index is 701. The van der Waals surface area contributed by atoms with E-state index in [0.29, 0.717) is 0 Å². The summed E-state index contributed by atoms with van der Waals surface area (Å²) < 4.78 is 0. The van der Waals surface area contributed by atoms with Crippen LogP contribution in [0.4, 0.5) is 0 Å². The number of aryl methyl sites for hydroxylation is 6. The topological polar surface area (TPSA) is 20.2 Å². The van der Waals surface area contributed by atoms with Gasteiger partial charge in [0.2, 0.25) is 0 Å². The average Bonchev–Trinajstić information content (AvgIpc) is 2.42. The van der Waals surface area contributed by atoms with Gasteiger partial charge in [-0.2, -0.15) is 0 Å². The number of benzene rings is 2. The van der Waals surface area contributed by atoms with Crippen molar-refractivity contribution in [2.45, 2.75) is 41.5 Å². The summed E-state index contributed by atoms with van der Waals surface area (Å²) in [5, 5.41) is 10.6. The highest BCUT2D eigenvalue weighted by Gasteiger charge is 2.19. The first-order valence-electron chi connectivity index (χ1n) is 7.98. The fraction of sp³-hybridized carbons (Fsp3) is 0.273. The summed E-state index contributed by atoms with van der Waals surface area (Å²) in [6.07, 6.45) is 1.53. The van der Waals surface area contributed by atoms with Gasteiger partial charge >= 0.3 is 0 Å². The van der Waals surface area contributed by atoms with Crippen LogP contribution in [0.25, 0.3) is 5.57 Å². The van der Waals surface area contributed by atoms with Gasteiger partial charge in [-0.1, -0.05) is 42.0 Å². The van der Waals surface area contributed by atoms with E-state index in [2.05, 4.69) is 72.4 Å². The van der Waals surface area contributed by atoms with Crippen molar-refractivity contribution in [1.82, 2.24) is 0 Å². The van der Waals surface area contributed by atoms with Crippen LogP contribution in [0.2, 0.25) is 0 Å². The largest absolute Gasteiger partial charge is 0.507 e. The van der Waals surface area contributed by atoms with E-state index in [1.165, 1.54) is 39.5 Å². The third-order valence-electron chi connectivity index (χ3n) is 4.30.